The second-order valence-electron chi connectivity index (χ2n) is 3.64. The van der Waals surface area contributed by atoms with Crippen LogP contribution in [0.15, 0.2) is 24.3 Å². The Labute approximate surface area is 115 Å². The molecule has 0 fully saturated rings. The van der Waals surface area contributed by atoms with E-state index in [0.29, 0.717) is 16.3 Å². The van der Waals surface area contributed by atoms with Crippen LogP contribution in [0.2, 0.25) is 5.02 Å². The van der Waals surface area contributed by atoms with Gasteiger partial charge < -0.3 is 14.6 Å². The maximum absolute atomic E-state index is 11.3. The molecule has 0 bridgehead atoms. The topological polar surface area (TPSA) is 72.8 Å². The molecule has 0 aliphatic heterocycles. The number of carbonyl (C=O) groups excluding carboxylic acids is 1. The number of ether oxygens (including phenoxy) is 2. The maximum Gasteiger partial charge on any atom is 0.346 e. The van der Waals surface area contributed by atoms with Gasteiger partial charge >= 0.3 is 11.9 Å². The molecule has 0 saturated heterocycles. The number of carbonyl (C=O) groups is 2. The molecule has 1 rings (SSSR count). The lowest BCUT2D eigenvalue weighted by Crippen LogP contribution is -2.25. The minimum absolute atomic E-state index is 0.347. The van der Waals surface area contributed by atoms with Crippen LogP contribution in [0, 0.1) is 0 Å². The van der Waals surface area contributed by atoms with Gasteiger partial charge in [0.05, 0.1) is 7.11 Å². The van der Waals surface area contributed by atoms with Gasteiger partial charge in [0.1, 0.15) is 5.75 Å². The first-order valence-corrected chi connectivity index (χ1v) is 5.77. The molecule has 102 valence electrons. The molecule has 0 aliphatic carbocycles. The van der Waals surface area contributed by atoms with Gasteiger partial charge in [-0.3, -0.25) is 0 Å². The lowest BCUT2D eigenvalue weighted by Gasteiger charge is -2.14. The molecule has 0 radical (unpaired) electrons. The highest BCUT2D eigenvalue weighted by molar-refractivity contribution is 6.30. The zero-order valence-corrected chi connectivity index (χ0v) is 11.2. The second kappa shape index (κ2) is 6.80. The Morgan fingerprint density at radius 3 is 2.68 bits per heavy atom. The van der Waals surface area contributed by atoms with Gasteiger partial charge in [0, 0.05) is 16.7 Å². The molecule has 5 nitrogen and oxygen atoms in total. The molecule has 0 saturated carbocycles. The highest BCUT2D eigenvalue weighted by Gasteiger charge is 2.16. The Kier molecular flexibility index (Phi) is 5.38. The van der Waals surface area contributed by atoms with Crippen molar-refractivity contribution in [3.8, 4) is 5.75 Å². The third kappa shape index (κ3) is 4.63. The largest absolute Gasteiger partial charge is 0.478 e. The quantitative estimate of drug-likeness (QED) is 0.664. The SMILES string of the molecule is COC(=O)C(C)Oc1ccc(Cl)cc1/C=C/C(=O)O. The van der Waals surface area contributed by atoms with Gasteiger partial charge in [0.25, 0.3) is 0 Å². The van der Waals surface area contributed by atoms with Crippen molar-refractivity contribution in [3.63, 3.8) is 0 Å². The molecule has 0 spiro atoms. The average Bonchev–Trinajstić information content (AvgIpc) is 2.37. The van der Waals surface area contributed by atoms with Crippen LogP contribution in [-0.4, -0.2) is 30.3 Å². The van der Waals surface area contributed by atoms with Crippen LogP contribution in [-0.2, 0) is 14.3 Å². The van der Waals surface area contributed by atoms with Crippen molar-refractivity contribution in [1.29, 1.82) is 0 Å². The zero-order valence-electron chi connectivity index (χ0n) is 10.4. The summed E-state index contributed by atoms with van der Waals surface area (Å²) in [5.74, 6) is -1.27. The van der Waals surface area contributed by atoms with Gasteiger partial charge in [-0.2, -0.15) is 0 Å². The van der Waals surface area contributed by atoms with Crippen LogP contribution < -0.4 is 4.74 Å². The normalized spacial score (nSPS) is 12.2. The van der Waals surface area contributed by atoms with E-state index >= 15 is 0 Å². The van der Waals surface area contributed by atoms with Crippen molar-refractivity contribution in [3.05, 3.63) is 34.9 Å². The monoisotopic (exact) mass is 284 g/mol. The number of aliphatic carboxylic acids is 1. The molecule has 1 unspecified atom stereocenters. The number of benzene rings is 1. The van der Waals surface area contributed by atoms with E-state index in [1.807, 2.05) is 0 Å². The number of carboxylic acid groups (broad SMARTS) is 1. The summed E-state index contributed by atoms with van der Waals surface area (Å²) in [7, 11) is 1.26. The van der Waals surface area contributed by atoms with E-state index in [2.05, 4.69) is 4.74 Å². The molecule has 1 aromatic carbocycles. The van der Waals surface area contributed by atoms with Gasteiger partial charge in [-0.25, -0.2) is 9.59 Å². The molecule has 1 N–H and O–H groups in total. The van der Waals surface area contributed by atoms with Crippen molar-refractivity contribution in [2.24, 2.45) is 0 Å². The maximum atomic E-state index is 11.3. The molecule has 1 aromatic rings. The molecule has 0 amide bonds. The number of carboxylic acids is 1. The number of halogens is 1. The van der Waals surface area contributed by atoms with Crippen LogP contribution in [0.3, 0.4) is 0 Å². The van der Waals surface area contributed by atoms with Gasteiger partial charge in [-0.05, 0) is 31.2 Å². The van der Waals surface area contributed by atoms with E-state index in [0.717, 1.165) is 6.08 Å². The molecule has 0 heterocycles. The summed E-state index contributed by atoms with van der Waals surface area (Å²) in [5, 5.41) is 9.04. The Bertz CT molecular complexity index is 510. The molecule has 19 heavy (non-hydrogen) atoms. The van der Waals surface area contributed by atoms with E-state index in [9.17, 15) is 9.59 Å². The smallest absolute Gasteiger partial charge is 0.346 e. The summed E-state index contributed by atoms with van der Waals surface area (Å²) in [6, 6.07) is 4.68. The highest BCUT2D eigenvalue weighted by atomic mass is 35.5. The van der Waals surface area contributed by atoms with E-state index in [1.165, 1.54) is 20.1 Å². The lowest BCUT2D eigenvalue weighted by atomic mass is 10.2. The summed E-state index contributed by atoms with van der Waals surface area (Å²) >= 11 is 5.83. The van der Waals surface area contributed by atoms with Crippen molar-refractivity contribution in [2.45, 2.75) is 13.0 Å². The first-order chi connectivity index (χ1) is 8.93. The van der Waals surface area contributed by atoms with Crippen molar-refractivity contribution >= 4 is 29.6 Å². The van der Waals surface area contributed by atoms with E-state index in [-0.39, 0.29) is 0 Å². The second-order valence-corrected chi connectivity index (χ2v) is 4.07. The number of hydrogen-bond donors (Lipinski definition) is 1. The van der Waals surface area contributed by atoms with Crippen LogP contribution >= 0.6 is 11.6 Å². The Morgan fingerprint density at radius 1 is 1.42 bits per heavy atom. The minimum Gasteiger partial charge on any atom is -0.478 e. The highest BCUT2D eigenvalue weighted by Crippen LogP contribution is 2.25. The van der Waals surface area contributed by atoms with Crippen molar-refractivity contribution < 1.29 is 24.2 Å². The Balaban J connectivity index is 2.99. The molecular weight excluding hydrogens is 272 g/mol. The zero-order chi connectivity index (χ0) is 14.4. The van der Waals surface area contributed by atoms with Gasteiger partial charge in [0.2, 0.25) is 0 Å². The van der Waals surface area contributed by atoms with Crippen LogP contribution in [0.5, 0.6) is 5.75 Å². The third-order valence-electron chi connectivity index (χ3n) is 2.21. The molecular formula is C13H13ClO5. The number of hydrogen-bond acceptors (Lipinski definition) is 4. The first kappa shape index (κ1) is 15.0. The number of methoxy groups -OCH3 is 1. The molecule has 0 aliphatic rings. The Morgan fingerprint density at radius 2 is 2.11 bits per heavy atom. The fourth-order valence-electron chi connectivity index (χ4n) is 1.32. The summed E-state index contributed by atoms with van der Waals surface area (Å²) in [6.45, 7) is 1.53. The summed E-state index contributed by atoms with van der Waals surface area (Å²) in [4.78, 5) is 21.8. The van der Waals surface area contributed by atoms with Crippen LogP contribution in [0.4, 0.5) is 0 Å². The summed E-state index contributed by atoms with van der Waals surface area (Å²) in [6.07, 6.45) is 1.50. The van der Waals surface area contributed by atoms with Crippen LogP contribution in [0.1, 0.15) is 12.5 Å². The predicted molar refractivity (Wildman–Crippen MR) is 70.2 cm³/mol. The number of esters is 1. The van der Waals surface area contributed by atoms with Gasteiger partial charge in [0.15, 0.2) is 6.10 Å². The fraction of sp³-hybridized carbons (Fsp3) is 0.231. The molecule has 1 atom stereocenters. The Hall–Kier alpha value is -2.01. The lowest BCUT2D eigenvalue weighted by molar-refractivity contribution is -0.147. The summed E-state index contributed by atoms with van der Waals surface area (Å²) in [5.41, 5.74) is 0.464. The van der Waals surface area contributed by atoms with Crippen molar-refractivity contribution in [2.75, 3.05) is 7.11 Å². The fourth-order valence-corrected chi connectivity index (χ4v) is 1.50. The van der Waals surface area contributed by atoms with Gasteiger partial charge in [-0.1, -0.05) is 11.6 Å². The predicted octanol–water partition coefficient (Wildman–Crippen LogP) is 2.38. The third-order valence-corrected chi connectivity index (χ3v) is 2.45. The number of rotatable bonds is 5. The first-order valence-electron chi connectivity index (χ1n) is 5.39. The minimum atomic E-state index is -1.09. The standard InChI is InChI=1S/C13H13ClO5/c1-8(13(17)18-2)19-11-5-4-10(14)7-9(11)3-6-12(15)16/h3-8H,1-2H3,(H,15,16)/b6-3+. The molecule has 6 heteroatoms. The van der Waals surface area contributed by atoms with E-state index in [1.54, 1.807) is 18.2 Å². The van der Waals surface area contributed by atoms with Crippen LogP contribution in [0.25, 0.3) is 6.08 Å². The van der Waals surface area contributed by atoms with E-state index < -0.39 is 18.0 Å². The average molecular weight is 285 g/mol. The van der Waals surface area contributed by atoms with Crippen molar-refractivity contribution in [1.82, 2.24) is 0 Å². The summed E-state index contributed by atoms with van der Waals surface area (Å²) < 4.78 is 9.95. The van der Waals surface area contributed by atoms with Gasteiger partial charge in [-0.15, -0.1) is 0 Å². The molecule has 0 aromatic heterocycles. The van der Waals surface area contributed by atoms with E-state index in [4.69, 9.17) is 21.4 Å².